The highest BCUT2D eigenvalue weighted by Gasteiger charge is 2.06. The van der Waals surface area contributed by atoms with Gasteiger partial charge in [0.25, 0.3) is 0 Å². The fourth-order valence-corrected chi connectivity index (χ4v) is 1.65. The van der Waals surface area contributed by atoms with Crippen LogP contribution in [0.25, 0.3) is 0 Å². The second-order valence-electron chi connectivity index (χ2n) is 3.28. The zero-order chi connectivity index (χ0) is 11.8. The summed E-state index contributed by atoms with van der Waals surface area (Å²) in [6, 6.07) is 11.9. The predicted molar refractivity (Wildman–Crippen MR) is 70.1 cm³/mol. The van der Waals surface area contributed by atoms with E-state index in [0.717, 1.165) is 12.2 Å². The topological polar surface area (TPSA) is 39.1 Å². The van der Waals surface area contributed by atoms with E-state index < -0.39 is 0 Å². The molecule has 1 aromatic carbocycles. The van der Waals surface area contributed by atoms with Gasteiger partial charge in [0.05, 0.1) is 12.5 Å². The lowest BCUT2D eigenvalue weighted by molar-refractivity contribution is 0.457. The van der Waals surface area contributed by atoms with Crippen molar-refractivity contribution >= 4 is 23.0 Å². The van der Waals surface area contributed by atoms with Crippen LogP contribution >= 0.6 is 12.2 Å². The Kier molecular flexibility index (Phi) is 5.30. The molecule has 1 aromatic rings. The Hall–Kier alpha value is -1.60. The van der Waals surface area contributed by atoms with Gasteiger partial charge in [0.1, 0.15) is 0 Å². The first-order valence-corrected chi connectivity index (χ1v) is 5.66. The molecule has 4 heteroatoms. The minimum atomic E-state index is 0.491. The number of nitrogens with one attached hydrogen (secondary N) is 1. The minimum Gasteiger partial charge on any atom is -0.348 e. The van der Waals surface area contributed by atoms with Gasteiger partial charge in [-0.3, -0.25) is 0 Å². The summed E-state index contributed by atoms with van der Waals surface area (Å²) in [5.74, 6) is 0. The molecule has 0 heterocycles. The van der Waals surface area contributed by atoms with E-state index in [1.54, 1.807) is 0 Å². The average molecular weight is 233 g/mol. The van der Waals surface area contributed by atoms with E-state index in [4.69, 9.17) is 17.5 Å². The summed E-state index contributed by atoms with van der Waals surface area (Å²) in [5.41, 5.74) is 0.975. The van der Waals surface area contributed by atoms with E-state index in [0.29, 0.717) is 18.1 Å². The Bertz CT molecular complexity index is 370. The van der Waals surface area contributed by atoms with Crippen molar-refractivity contribution in [2.24, 2.45) is 0 Å². The lowest BCUT2D eigenvalue weighted by atomic mass is 10.3. The number of para-hydroxylation sites is 1. The van der Waals surface area contributed by atoms with E-state index in [2.05, 4.69) is 11.4 Å². The van der Waals surface area contributed by atoms with Crippen LogP contribution in [0.1, 0.15) is 13.3 Å². The normalized spacial score (nSPS) is 9.25. The van der Waals surface area contributed by atoms with Crippen molar-refractivity contribution in [3.05, 3.63) is 30.3 Å². The largest absolute Gasteiger partial charge is 0.348 e. The number of hydrogen-bond acceptors (Lipinski definition) is 2. The third-order valence-corrected chi connectivity index (χ3v) is 2.55. The molecule has 16 heavy (non-hydrogen) atoms. The smallest absolute Gasteiger partial charge is 0.173 e. The molecular formula is C12H15N3S. The summed E-state index contributed by atoms with van der Waals surface area (Å²) in [6.45, 7) is 3.50. The SMILES string of the molecule is CCN(CCC#N)C(=S)Nc1ccccc1. The summed E-state index contributed by atoms with van der Waals surface area (Å²) < 4.78 is 0. The number of rotatable bonds is 4. The molecule has 0 fully saturated rings. The van der Waals surface area contributed by atoms with Crippen LogP contribution in [0.5, 0.6) is 0 Å². The van der Waals surface area contributed by atoms with Crippen LogP contribution in [0.4, 0.5) is 5.69 Å². The van der Waals surface area contributed by atoms with Gasteiger partial charge >= 0.3 is 0 Å². The molecule has 0 unspecified atom stereocenters. The van der Waals surface area contributed by atoms with Gasteiger partial charge in [0.15, 0.2) is 5.11 Å². The van der Waals surface area contributed by atoms with Gasteiger partial charge < -0.3 is 10.2 Å². The van der Waals surface area contributed by atoms with Crippen molar-refractivity contribution in [1.82, 2.24) is 4.90 Å². The molecule has 0 spiro atoms. The maximum Gasteiger partial charge on any atom is 0.173 e. The highest BCUT2D eigenvalue weighted by molar-refractivity contribution is 7.80. The maximum absolute atomic E-state index is 8.54. The number of anilines is 1. The molecule has 0 radical (unpaired) electrons. The Morgan fingerprint density at radius 1 is 1.44 bits per heavy atom. The molecule has 0 aliphatic heterocycles. The minimum absolute atomic E-state index is 0.491. The van der Waals surface area contributed by atoms with E-state index in [-0.39, 0.29) is 0 Å². The zero-order valence-electron chi connectivity index (χ0n) is 9.31. The second-order valence-corrected chi connectivity index (χ2v) is 3.67. The average Bonchev–Trinajstić information content (AvgIpc) is 2.31. The van der Waals surface area contributed by atoms with Crippen molar-refractivity contribution in [2.45, 2.75) is 13.3 Å². The van der Waals surface area contributed by atoms with Gasteiger partial charge in [0.2, 0.25) is 0 Å². The Labute approximate surface area is 102 Å². The molecule has 0 amide bonds. The third kappa shape index (κ3) is 3.87. The Morgan fingerprint density at radius 3 is 2.69 bits per heavy atom. The van der Waals surface area contributed by atoms with Gasteiger partial charge in [-0.2, -0.15) is 5.26 Å². The molecular weight excluding hydrogens is 218 g/mol. The number of nitriles is 1. The monoisotopic (exact) mass is 233 g/mol. The van der Waals surface area contributed by atoms with Crippen molar-refractivity contribution in [2.75, 3.05) is 18.4 Å². The van der Waals surface area contributed by atoms with Gasteiger partial charge in [-0.1, -0.05) is 18.2 Å². The molecule has 0 saturated heterocycles. The standard InChI is InChI=1S/C12H15N3S/c1-2-15(10-6-9-13)12(16)14-11-7-4-3-5-8-11/h3-5,7-8H,2,6,10H2,1H3,(H,14,16). The summed E-state index contributed by atoms with van der Waals surface area (Å²) in [4.78, 5) is 1.98. The molecule has 0 atom stereocenters. The molecule has 0 aromatic heterocycles. The highest BCUT2D eigenvalue weighted by Crippen LogP contribution is 2.06. The van der Waals surface area contributed by atoms with Crippen molar-refractivity contribution < 1.29 is 0 Å². The van der Waals surface area contributed by atoms with Crippen molar-refractivity contribution in [3.8, 4) is 6.07 Å². The van der Waals surface area contributed by atoms with Crippen LogP contribution in [-0.2, 0) is 0 Å². The number of thiocarbonyl (C=S) groups is 1. The van der Waals surface area contributed by atoms with Crippen LogP contribution < -0.4 is 5.32 Å². The van der Waals surface area contributed by atoms with Crippen molar-refractivity contribution in [1.29, 1.82) is 5.26 Å². The number of benzene rings is 1. The van der Waals surface area contributed by atoms with E-state index in [1.807, 2.05) is 42.2 Å². The Morgan fingerprint density at radius 2 is 2.12 bits per heavy atom. The van der Waals surface area contributed by atoms with Crippen LogP contribution in [0.2, 0.25) is 0 Å². The quantitative estimate of drug-likeness (QED) is 0.811. The van der Waals surface area contributed by atoms with E-state index >= 15 is 0 Å². The molecule has 0 saturated carbocycles. The fraction of sp³-hybridized carbons (Fsp3) is 0.333. The zero-order valence-corrected chi connectivity index (χ0v) is 10.1. The highest BCUT2D eigenvalue weighted by atomic mass is 32.1. The summed E-state index contributed by atoms with van der Waals surface area (Å²) in [6.07, 6.45) is 0.491. The number of hydrogen-bond donors (Lipinski definition) is 1. The first kappa shape index (κ1) is 12.5. The summed E-state index contributed by atoms with van der Waals surface area (Å²) in [7, 11) is 0. The predicted octanol–water partition coefficient (Wildman–Crippen LogP) is 2.62. The Balaban J connectivity index is 2.53. The molecule has 1 rings (SSSR count). The molecule has 1 N–H and O–H groups in total. The molecule has 0 aliphatic carbocycles. The molecule has 0 aliphatic rings. The van der Waals surface area contributed by atoms with Crippen LogP contribution in [-0.4, -0.2) is 23.1 Å². The second kappa shape index (κ2) is 6.81. The van der Waals surface area contributed by atoms with Crippen LogP contribution in [0, 0.1) is 11.3 Å². The fourth-order valence-electron chi connectivity index (χ4n) is 1.31. The molecule has 3 nitrogen and oxygen atoms in total. The van der Waals surface area contributed by atoms with Gasteiger partial charge in [0, 0.05) is 18.8 Å². The molecule has 84 valence electrons. The third-order valence-electron chi connectivity index (χ3n) is 2.19. The first-order chi connectivity index (χ1) is 7.77. The first-order valence-electron chi connectivity index (χ1n) is 5.26. The number of nitrogens with zero attached hydrogens (tertiary/aromatic N) is 2. The van der Waals surface area contributed by atoms with E-state index in [9.17, 15) is 0 Å². The molecule has 0 bridgehead atoms. The lowest BCUT2D eigenvalue weighted by Gasteiger charge is -2.23. The van der Waals surface area contributed by atoms with Crippen molar-refractivity contribution in [3.63, 3.8) is 0 Å². The lowest BCUT2D eigenvalue weighted by Crippen LogP contribution is -2.35. The van der Waals surface area contributed by atoms with Gasteiger partial charge in [-0.05, 0) is 31.3 Å². The summed E-state index contributed by atoms with van der Waals surface area (Å²) in [5, 5.41) is 12.4. The maximum atomic E-state index is 8.54. The van der Waals surface area contributed by atoms with Crippen LogP contribution in [0.3, 0.4) is 0 Å². The van der Waals surface area contributed by atoms with E-state index in [1.165, 1.54) is 0 Å². The van der Waals surface area contributed by atoms with Gasteiger partial charge in [-0.15, -0.1) is 0 Å². The van der Waals surface area contributed by atoms with Crippen LogP contribution in [0.15, 0.2) is 30.3 Å². The van der Waals surface area contributed by atoms with Gasteiger partial charge in [-0.25, -0.2) is 0 Å². The summed E-state index contributed by atoms with van der Waals surface area (Å²) >= 11 is 5.28.